The molecule has 0 unspecified atom stereocenters. The predicted molar refractivity (Wildman–Crippen MR) is 116 cm³/mol. The first-order valence-electron chi connectivity index (χ1n) is 9.01. The van der Waals surface area contributed by atoms with Crippen molar-refractivity contribution in [1.29, 1.82) is 5.26 Å². The van der Waals surface area contributed by atoms with E-state index in [1.165, 1.54) is 12.1 Å². The van der Waals surface area contributed by atoms with Crippen molar-refractivity contribution in [2.45, 2.75) is 6.61 Å². The first-order chi connectivity index (χ1) is 14.5. The summed E-state index contributed by atoms with van der Waals surface area (Å²) in [6.07, 6.45) is 1.75. The lowest BCUT2D eigenvalue weighted by molar-refractivity contribution is 0.0697. The van der Waals surface area contributed by atoms with Crippen LogP contribution in [0.4, 0.5) is 0 Å². The van der Waals surface area contributed by atoms with Crippen LogP contribution in [0.2, 0.25) is 5.02 Å². The van der Waals surface area contributed by atoms with Crippen LogP contribution in [-0.2, 0) is 6.61 Å². The van der Waals surface area contributed by atoms with Crippen molar-refractivity contribution in [2.24, 2.45) is 0 Å². The molecule has 0 aliphatic rings. The number of aromatic carboxylic acids is 1. The second kappa shape index (κ2) is 9.64. The molecule has 0 heterocycles. The van der Waals surface area contributed by atoms with Gasteiger partial charge in [-0.1, -0.05) is 41.9 Å². The first kappa shape index (κ1) is 21.0. The molecule has 0 spiro atoms. The fourth-order valence-electron chi connectivity index (χ4n) is 2.80. The maximum atomic E-state index is 10.9. The van der Waals surface area contributed by atoms with Crippen molar-refractivity contribution in [3.8, 4) is 17.6 Å². The number of rotatable bonds is 7. The van der Waals surface area contributed by atoms with Crippen LogP contribution in [0.25, 0.3) is 11.6 Å². The van der Waals surface area contributed by atoms with Crippen molar-refractivity contribution in [3.05, 3.63) is 94.0 Å². The third-order valence-electron chi connectivity index (χ3n) is 4.35. The highest BCUT2D eigenvalue weighted by Gasteiger charge is 2.08. The molecule has 0 saturated heterocycles. The third kappa shape index (κ3) is 5.19. The Morgan fingerprint density at radius 3 is 2.47 bits per heavy atom. The highest BCUT2D eigenvalue weighted by molar-refractivity contribution is 6.30. The van der Waals surface area contributed by atoms with Gasteiger partial charge in [0.2, 0.25) is 0 Å². The normalized spacial score (nSPS) is 10.9. The number of benzene rings is 3. The second-order valence-corrected chi connectivity index (χ2v) is 6.82. The lowest BCUT2D eigenvalue weighted by Gasteiger charge is -2.12. The molecular formula is C24H18ClNO4. The number of methoxy groups -OCH3 is 1. The molecule has 0 radical (unpaired) electrons. The van der Waals surface area contributed by atoms with Gasteiger partial charge in [-0.15, -0.1) is 0 Å². The van der Waals surface area contributed by atoms with E-state index in [4.69, 9.17) is 26.2 Å². The van der Waals surface area contributed by atoms with Gasteiger partial charge in [0.1, 0.15) is 6.61 Å². The highest BCUT2D eigenvalue weighted by Crippen LogP contribution is 2.31. The number of carbonyl (C=O) groups is 1. The molecular weight excluding hydrogens is 402 g/mol. The Hall–Kier alpha value is -3.75. The van der Waals surface area contributed by atoms with Crippen LogP contribution in [0.5, 0.6) is 11.5 Å². The maximum Gasteiger partial charge on any atom is 0.335 e. The number of carboxylic acids is 1. The predicted octanol–water partition coefficient (Wildman–Crippen LogP) is 5.69. The summed E-state index contributed by atoms with van der Waals surface area (Å²) < 4.78 is 11.3. The largest absolute Gasteiger partial charge is 0.493 e. The molecule has 6 heteroatoms. The summed E-state index contributed by atoms with van der Waals surface area (Å²) in [4.78, 5) is 10.9. The van der Waals surface area contributed by atoms with Gasteiger partial charge >= 0.3 is 5.97 Å². The standard InChI is InChI=1S/C24H18ClNO4/c1-29-23-12-17(11-20(14-26)19-3-2-4-21(25)13-19)7-10-22(23)30-15-16-5-8-18(9-6-16)24(27)28/h2-13H,15H2,1H3,(H,27,28)/b20-11+. The Labute approximate surface area is 179 Å². The summed E-state index contributed by atoms with van der Waals surface area (Å²) in [6.45, 7) is 0.261. The van der Waals surface area contributed by atoms with Gasteiger partial charge < -0.3 is 14.6 Å². The zero-order valence-corrected chi connectivity index (χ0v) is 16.9. The van der Waals surface area contributed by atoms with Crippen molar-refractivity contribution >= 4 is 29.2 Å². The molecule has 0 bridgehead atoms. The summed E-state index contributed by atoms with van der Waals surface area (Å²) in [7, 11) is 1.54. The fourth-order valence-corrected chi connectivity index (χ4v) is 2.99. The number of hydrogen-bond acceptors (Lipinski definition) is 4. The van der Waals surface area contributed by atoms with E-state index in [-0.39, 0.29) is 12.2 Å². The van der Waals surface area contributed by atoms with Gasteiger partial charge in [-0.2, -0.15) is 5.26 Å². The Morgan fingerprint density at radius 2 is 1.83 bits per heavy atom. The highest BCUT2D eigenvalue weighted by atomic mass is 35.5. The fraction of sp³-hybridized carbons (Fsp3) is 0.0833. The molecule has 0 aliphatic heterocycles. The van der Waals surface area contributed by atoms with Gasteiger partial charge in [0.15, 0.2) is 11.5 Å². The maximum absolute atomic E-state index is 10.9. The lowest BCUT2D eigenvalue weighted by Crippen LogP contribution is -2.00. The minimum atomic E-state index is -0.970. The average Bonchev–Trinajstić information content (AvgIpc) is 2.76. The van der Waals surface area contributed by atoms with Gasteiger partial charge in [0.05, 0.1) is 24.3 Å². The van der Waals surface area contributed by atoms with Crippen LogP contribution in [0, 0.1) is 11.3 Å². The molecule has 0 aliphatic carbocycles. The minimum absolute atomic E-state index is 0.223. The molecule has 5 nitrogen and oxygen atoms in total. The van der Waals surface area contributed by atoms with Crippen LogP contribution in [0.15, 0.2) is 66.7 Å². The summed E-state index contributed by atoms with van der Waals surface area (Å²) >= 11 is 6.02. The topological polar surface area (TPSA) is 79.5 Å². The van der Waals surface area contributed by atoms with Crippen molar-refractivity contribution < 1.29 is 19.4 Å². The molecule has 30 heavy (non-hydrogen) atoms. The Kier molecular flexibility index (Phi) is 6.74. The molecule has 0 fully saturated rings. The number of nitriles is 1. The third-order valence-corrected chi connectivity index (χ3v) is 4.59. The number of carboxylic acid groups (broad SMARTS) is 1. The SMILES string of the molecule is COc1cc(/C=C(\C#N)c2cccc(Cl)c2)ccc1OCc1ccc(C(=O)O)cc1. The molecule has 0 atom stereocenters. The number of allylic oxidation sites excluding steroid dienone is 1. The Balaban J connectivity index is 1.79. The van der Waals surface area contributed by atoms with Gasteiger partial charge in [-0.05, 0) is 59.2 Å². The van der Waals surface area contributed by atoms with Crippen LogP contribution in [0.1, 0.15) is 27.0 Å². The molecule has 150 valence electrons. The van der Waals surface area contributed by atoms with Crippen molar-refractivity contribution in [1.82, 2.24) is 0 Å². The monoisotopic (exact) mass is 419 g/mol. The van der Waals surface area contributed by atoms with E-state index in [2.05, 4.69) is 6.07 Å². The molecule has 3 aromatic rings. The van der Waals surface area contributed by atoms with E-state index in [1.807, 2.05) is 12.1 Å². The zero-order valence-electron chi connectivity index (χ0n) is 16.1. The molecule has 3 aromatic carbocycles. The summed E-state index contributed by atoms with van der Waals surface area (Å²) in [5.74, 6) is 0.0924. The lowest BCUT2D eigenvalue weighted by atomic mass is 10.0. The van der Waals surface area contributed by atoms with E-state index in [0.29, 0.717) is 22.1 Å². The van der Waals surface area contributed by atoms with E-state index >= 15 is 0 Å². The number of ether oxygens (including phenoxy) is 2. The number of halogens is 1. The molecule has 0 aromatic heterocycles. The van der Waals surface area contributed by atoms with Crippen LogP contribution < -0.4 is 9.47 Å². The van der Waals surface area contributed by atoms with Gasteiger partial charge in [0.25, 0.3) is 0 Å². The van der Waals surface area contributed by atoms with E-state index in [9.17, 15) is 10.1 Å². The minimum Gasteiger partial charge on any atom is -0.493 e. The molecule has 1 N–H and O–H groups in total. The average molecular weight is 420 g/mol. The molecule has 0 amide bonds. The van der Waals surface area contributed by atoms with Gasteiger partial charge in [-0.25, -0.2) is 4.79 Å². The van der Waals surface area contributed by atoms with E-state index in [0.717, 1.165) is 16.7 Å². The Morgan fingerprint density at radius 1 is 1.07 bits per heavy atom. The van der Waals surface area contributed by atoms with E-state index in [1.54, 1.807) is 55.7 Å². The quantitative estimate of drug-likeness (QED) is 0.393. The van der Waals surface area contributed by atoms with Crippen LogP contribution >= 0.6 is 11.6 Å². The summed E-state index contributed by atoms with van der Waals surface area (Å²) in [5, 5.41) is 19.0. The van der Waals surface area contributed by atoms with Gasteiger partial charge in [0, 0.05) is 5.02 Å². The van der Waals surface area contributed by atoms with Gasteiger partial charge in [-0.3, -0.25) is 0 Å². The first-order valence-corrected chi connectivity index (χ1v) is 9.39. The summed E-state index contributed by atoms with van der Waals surface area (Å²) in [5.41, 5.74) is 3.04. The van der Waals surface area contributed by atoms with Crippen molar-refractivity contribution in [2.75, 3.05) is 7.11 Å². The second-order valence-electron chi connectivity index (χ2n) is 6.38. The smallest absolute Gasteiger partial charge is 0.335 e. The number of hydrogen-bond donors (Lipinski definition) is 1. The summed E-state index contributed by atoms with van der Waals surface area (Å²) in [6, 6.07) is 21.2. The van der Waals surface area contributed by atoms with Crippen molar-refractivity contribution in [3.63, 3.8) is 0 Å². The zero-order chi connectivity index (χ0) is 21.5. The van der Waals surface area contributed by atoms with Crippen LogP contribution in [0.3, 0.4) is 0 Å². The Bertz CT molecular complexity index is 1130. The molecule has 0 saturated carbocycles. The molecule has 3 rings (SSSR count). The van der Waals surface area contributed by atoms with E-state index < -0.39 is 5.97 Å². The number of nitrogens with zero attached hydrogens (tertiary/aromatic N) is 1. The van der Waals surface area contributed by atoms with Crippen LogP contribution in [-0.4, -0.2) is 18.2 Å².